The molecule has 0 bridgehead atoms. The van der Waals surface area contributed by atoms with E-state index in [0.29, 0.717) is 11.5 Å². The Morgan fingerprint density at radius 3 is 1.51 bits per heavy atom. The van der Waals surface area contributed by atoms with Crippen molar-refractivity contribution in [3.05, 3.63) is 249 Å². The van der Waals surface area contributed by atoms with Crippen LogP contribution >= 0.6 is 0 Å². The van der Waals surface area contributed by atoms with Crippen molar-refractivity contribution in [1.29, 1.82) is 0 Å². The van der Waals surface area contributed by atoms with E-state index in [-0.39, 0.29) is 21.7 Å². The number of para-hydroxylation sites is 5. The second-order valence-corrected chi connectivity index (χ2v) is 26.2. The van der Waals surface area contributed by atoms with Crippen molar-refractivity contribution in [3.8, 4) is 22.9 Å². The molecule has 8 aromatic carbocycles. The monoisotopic (exact) mass is 1200 g/mol. The molecule has 1 spiro atoms. The number of ether oxygens (including phenoxy) is 1. The van der Waals surface area contributed by atoms with E-state index < -0.39 is 5.41 Å². The summed E-state index contributed by atoms with van der Waals surface area (Å²) in [5, 5.41) is 0. The van der Waals surface area contributed by atoms with Gasteiger partial charge in [-0.1, -0.05) is 108 Å². The maximum atomic E-state index is 7.05. The summed E-state index contributed by atoms with van der Waals surface area (Å²) in [6.07, 6.45) is 1.94. The van der Waals surface area contributed by atoms with Crippen molar-refractivity contribution in [1.82, 2.24) is 14.1 Å². The number of aromatic nitrogens is 3. The van der Waals surface area contributed by atoms with Gasteiger partial charge in [0, 0.05) is 23.3 Å². The SMILES string of the molecule is CC(C)(C)c1cccc(N2c3ccccc3C3(c4ccc(Oc5[c-]c(-n6[c](=[Pt])n(-c7cc(C(C)(C)C)cc(C(C)(C)C)c7)c7ccccc76)ccc5)[c-]c4N(c4cc(C(C)(C)C)ccn4)c4ccccc43)c3ccccc32)c1. The summed E-state index contributed by atoms with van der Waals surface area (Å²) in [6.45, 7) is 27.4. The summed E-state index contributed by atoms with van der Waals surface area (Å²) in [5.41, 5.74) is 18.2. The average molecular weight is 1200 g/mol. The molecule has 78 heavy (non-hydrogen) atoms. The second kappa shape index (κ2) is 18.6. The first kappa shape index (κ1) is 51.2. The Balaban J connectivity index is 1.04. The van der Waals surface area contributed by atoms with E-state index in [1.54, 1.807) is 0 Å². The van der Waals surface area contributed by atoms with Crippen molar-refractivity contribution in [2.45, 2.75) is 110 Å². The maximum absolute atomic E-state index is 7.05. The minimum Gasteiger partial charge on any atom is -0.0618 e. The van der Waals surface area contributed by atoms with Gasteiger partial charge in [0.05, 0.1) is 0 Å². The van der Waals surface area contributed by atoms with E-state index in [0.717, 1.165) is 71.6 Å². The average Bonchev–Trinajstić information content (AvgIpc) is 3.52. The minimum absolute atomic E-state index is 0.0302. The van der Waals surface area contributed by atoms with Crippen molar-refractivity contribution >= 4 is 45.3 Å². The van der Waals surface area contributed by atoms with Crippen LogP contribution in [0.15, 0.2) is 188 Å². The first-order chi connectivity index (χ1) is 37.1. The molecule has 394 valence electrons. The van der Waals surface area contributed by atoms with Crippen LogP contribution in [0.3, 0.4) is 0 Å². The van der Waals surface area contributed by atoms with E-state index in [9.17, 15) is 0 Å². The van der Waals surface area contributed by atoms with Gasteiger partial charge in [-0.3, -0.25) is 0 Å². The Labute approximate surface area is 472 Å². The van der Waals surface area contributed by atoms with Crippen LogP contribution in [-0.4, -0.2) is 14.1 Å². The van der Waals surface area contributed by atoms with Crippen molar-refractivity contribution in [2.75, 3.05) is 9.80 Å². The second-order valence-electron chi connectivity index (χ2n) is 25.2. The zero-order valence-corrected chi connectivity index (χ0v) is 49.1. The molecule has 0 unspecified atom stereocenters. The van der Waals surface area contributed by atoms with Crippen molar-refractivity contribution in [2.24, 2.45) is 0 Å². The fraction of sp³-hybridized carbons (Fsp3) is 0.239. The topological polar surface area (TPSA) is 38.5 Å². The summed E-state index contributed by atoms with van der Waals surface area (Å²) in [4.78, 5) is 9.93. The molecule has 4 heterocycles. The van der Waals surface area contributed by atoms with Gasteiger partial charge in [0.15, 0.2) is 0 Å². The van der Waals surface area contributed by atoms with Crippen LogP contribution in [0.25, 0.3) is 22.4 Å². The van der Waals surface area contributed by atoms with Crippen LogP contribution in [-0.2, 0) is 46.4 Å². The summed E-state index contributed by atoms with van der Waals surface area (Å²) in [6, 6.07) is 74.2. The summed E-state index contributed by atoms with van der Waals surface area (Å²) in [7, 11) is 0. The van der Waals surface area contributed by atoms with E-state index in [2.05, 4.69) is 309 Å². The smallest absolute Gasteiger partial charge is 0.0618 e. The number of benzene rings is 8. The molecule has 2 aliphatic heterocycles. The molecule has 0 fully saturated rings. The molecule has 0 amide bonds. The zero-order chi connectivity index (χ0) is 54.7. The van der Waals surface area contributed by atoms with Gasteiger partial charge in [0.2, 0.25) is 0 Å². The minimum atomic E-state index is -0.766. The Kier molecular flexibility index (Phi) is 12.2. The number of hydrogen-bond acceptors (Lipinski definition) is 4. The zero-order valence-electron chi connectivity index (χ0n) is 46.9. The van der Waals surface area contributed by atoms with Gasteiger partial charge in [-0.15, -0.1) is 0 Å². The standard InChI is InChI=1S/C71H67N5O.Pt/c1-67(2,3)47-23-21-25-52(40-47)75-60-30-16-13-27-56(60)71(57-28-14-17-31-61(57)75)58-29-15-18-32-62(58)76(66-43-48(37-38-72-66)68(4,5)6)65-45-55(35-36-59(65)71)77-54-26-22-24-51(44-54)73-46-74(64-34-20-19-33-63(64)73)53-41-49(69(7,8)9)39-50(42-53)70(10,11)12;/h13-43H,1-12H3;/q-2;. The molecular weight excluding hydrogens is 1130 g/mol. The van der Waals surface area contributed by atoms with Gasteiger partial charge in [0.25, 0.3) is 0 Å². The summed E-state index contributed by atoms with van der Waals surface area (Å²) < 4.78 is 12.8. The Morgan fingerprint density at radius 1 is 0.423 bits per heavy atom. The van der Waals surface area contributed by atoms with Crippen LogP contribution in [0.4, 0.5) is 34.3 Å². The van der Waals surface area contributed by atoms with Crippen molar-refractivity contribution in [3.63, 3.8) is 0 Å². The molecule has 0 saturated carbocycles. The third-order valence-electron chi connectivity index (χ3n) is 15.8. The number of pyridine rings is 1. The summed E-state index contributed by atoms with van der Waals surface area (Å²) in [5.74, 6) is 1.97. The number of imidazole rings is 1. The fourth-order valence-electron chi connectivity index (χ4n) is 11.7. The summed E-state index contributed by atoms with van der Waals surface area (Å²) >= 11 is 2.49. The number of anilines is 6. The molecule has 0 atom stereocenters. The number of fused-ring (bicyclic) bond motifs is 9. The van der Waals surface area contributed by atoms with Gasteiger partial charge in [0.1, 0.15) is 0 Å². The molecule has 7 heteroatoms. The third kappa shape index (κ3) is 8.50. The predicted octanol–water partition coefficient (Wildman–Crippen LogP) is 18.4. The molecule has 6 nitrogen and oxygen atoms in total. The molecule has 0 radical (unpaired) electrons. The Bertz CT molecular complexity index is 3960. The molecule has 0 saturated heterocycles. The first-order valence-electron chi connectivity index (χ1n) is 27.2. The van der Waals surface area contributed by atoms with Crippen LogP contribution in [0.5, 0.6) is 11.5 Å². The first-order valence-corrected chi connectivity index (χ1v) is 28.3. The van der Waals surface area contributed by atoms with Crippen LogP contribution < -0.4 is 14.5 Å². The number of rotatable bonds is 6. The quantitative estimate of drug-likeness (QED) is 0.156. The van der Waals surface area contributed by atoms with E-state index >= 15 is 0 Å². The molecule has 10 aromatic rings. The van der Waals surface area contributed by atoms with E-state index in [1.807, 2.05) is 12.3 Å². The molecular formula is C71H67N5OPt-2. The normalized spacial score (nSPS) is 14.0. The van der Waals surface area contributed by atoms with E-state index in [4.69, 9.17) is 9.72 Å². The molecule has 2 aliphatic rings. The van der Waals surface area contributed by atoms with Crippen LogP contribution in [0.2, 0.25) is 0 Å². The molecule has 0 N–H and O–H groups in total. The van der Waals surface area contributed by atoms with Gasteiger partial charge >= 0.3 is 286 Å². The molecule has 0 aliphatic carbocycles. The van der Waals surface area contributed by atoms with Gasteiger partial charge in [-0.05, 0) is 52.3 Å². The van der Waals surface area contributed by atoms with Gasteiger partial charge < -0.3 is 4.90 Å². The molecule has 2 aromatic heterocycles. The van der Waals surface area contributed by atoms with Gasteiger partial charge in [-0.25, -0.2) is 0 Å². The Hall–Kier alpha value is -7.53. The third-order valence-corrected chi connectivity index (χ3v) is 16.8. The van der Waals surface area contributed by atoms with Crippen LogP contribution in [0, 0.1) is 15.9 Å². The Morgan fingerprint density at radius 2 is 0.923 bits per heavy atom. The van der Waals surface area contributed by atoms with Crippen molar-refractivity contribution < 1.29 is 24.1 Å². The van der Waals surface area contributed by atoms with Crippen LogP contribution in [0.1, 0.15) is 128 Å². The number of nitrogens with zero attached hydrogens (tertiary/aromatic N) is 5. The molecule has 12 rings (SSSR count). The van der Waals surface area contributed by atoms with E-state index in [1.165, 1.54) is 33.4 Å². The van der Waals surface area contributed by atoms with Gasteiger partial charge in [-0.2, -0.15) is 0 Å². The number of hydrogen-bond donors (Lipinski definition) is 0. The predicted molar refractivity (Wildman–Crippen MR) is 317 cm³/mol. The fourth-order valence-corrected chi connectivity index (χ4v) is 12.8.